The van der Waals surface area contributed by atoms with Gasteiger partial charge in [0.25, 0.3) is 0 Å². The van der Waals surface area contributed by atoms with E-state index in [0.29, 0.717) is 0 Å². The Bertz CT molecular complexity index is 328. The fraction of sp³-hybridized carbons (Fsp3) is 0.538. The minimum Gasteiger partial charge on any atom is -0.497 e. The second-order valence-electron chi connectivity index (χ2n) is 3.99. The van der Waals surface area contributed by atoms with Crippen LogP contribution in [0.25, 0.3) is 0 Å². The molecule has 2 N–H and O–H groups in total. The third kappa shape index (κ3) is 3.80. The summed E-state index contributed by atoms with van der Waals surface area (Å²) in [5, 5.41) is 0. The number of halogens is 1. The predicted octanol–water partition coefficient (Wildman–Crippen LogP) is 4.04. The van der Waals surface area contributed by atoms with Crippen molar-refractivity contribution in [2.75, 3.05) is 7.11 Å². The summed E-state index contributed by atoms with van der Waals surface area (Å²) in [7, 11) is 1.68. The van der Waals surface area contributed by atoms with E-state index in [1.807, 2.05) is 18.2 Å². The maximum Gasteiger partial charge on any atom is 0.119 e. The van der Waals surface area contributed by atoms with E-state index < -0.39 is 0 Å². The zero-order valence-electron chi connectivity index (χ0n) is 10.0. The van der Waals surface area contributed by atoms with Crippen molar-refractivity contribution < 1.29 is 4.74 Å². The van der Waals surface area contributed by atoms with Crippen molar-refractivity contribution in [2.24, 2.45) is 5.73 Å². The van der Waals surface area contributed by atoms with Gasteiger partial charge in [-0.05, 0) is 30.2 Å². The minimum absolute atomic E-state index is 0.0935. The Kier molecular flexibility index (Phi) is 5.85. The standard InChI is InChI=1S/C13H20BrNO/c1-3-4-5-6-13(15)11-9-10(16-2)7-8-12(11)14/h7-9,13H,3-6,15H2,1-2H3. The van der Waals surface area contributed by atoms with E-state index in [1.165, 1.54) is 19.3 Å². The molecule has 0 saturated heterocycles. The van der Waals surface area contributed by atoms with E-state index in [1.54, 1.807) is 7.11 Å². The van der Waals surface area contributed by atoms with Crippen LogP contribution in [-0.4, -0.2) is 7.11 Å². The molecule has 0 amide bonds. The molecule has 16 heavy (non-hydrogen) atoms. The minimum atomic E-state index is 0.0935. The molecule has 0 fully saturated rings. The first-order valence-corrected chi connectivity index (χ1v) is 6.57. The zero-order chi connectivity index (χ0) is 12.0. The van der Waals surface area contributed by atoms with Crippen LogP contribution in [0.3, 0.4) is 0 Å². The zero-order valence-corrected chi connectivity index (χ0v) is 11.6. The second-order valence-corrected chi connectivity index (χ2v) is 4.84. The monoisotopic (exact) mass is 285 g/mol. The van der Waals surface area contributed by atoms with Gasteiger partial charge in [0, 0.05) is 10.5 Å². The summed E-state index contributed by atoms with van der Waals surface area (Å²) in [6.07, 6.45) is 4.68. The molecule has 1 aromatic carbocycles. The number of benzene rings is 1. The number of rotatable bonds is 6. The molecule has 0 aromatic heterocycles. The Balaban J connectivity index is 2.69. The van der Waals surface area contributed by atoms with Gasteiger partial charge in [0.05, 0.1) is 7.11 Å². The number of methoxy groups -OCH3 is 1. The number of ether oxygens (including phenoxy) is 1. The van der Waals surface area contributed by atoms with Crippen molar-refractivity contribution >= 4 is 15.9 Å². The Morgan fingerprint density at radius 1 is 1.38 bits per heavy atom. The highest BCUT2D eigenvalue weighted by Gasteiger charge is 2.10. The van der Waals surface area contributed by atoms with Gasteiger partial charge in [-0.25, -0.2) is 0 Å². The molecule has 0 bridgehead atoms. The normalized spacial score (nSPS) is 12.5. The van der Waals surface area contributed by atoms with Crippen LogP contribution in [0.5, 0.6) is 5.75 Å². The van der Waals surface area contributed by atoms with Gasteiger partial charge in [0.15, 0.2) is 0 Å². The van der Waals surface area contributed by atoms with E-state index in [9.17, 15) is 0 Å². The summed E-state index contributed by atoms with van der Waals surface area (Å²) >= 11 is 3.53. The van der Waals surface area contributed by atoms with Crippen LogP contribution in [0.15, 0.2) is 22.7 Å². The summed E-state index contributed by atoms with van der Waals surface area (Å²) in [5.41, 5.74) is 7.31. The van der Waals surface area contributed by atoms with Gasteiger partial charge in [0.2, 0.25) is 0 Å². The molecule has 2 nitrogen and oxygen atoms in total. The first-order valence-electron chi connectivity index (χ1n) is 5.78. The number of hydrogen-bond acceptors (Lipinski definition) is 2. The molecule has 0 spiro atoms. The molecule has 1 atom stereocenters. The van der Waals surface area contributed by atoms with Gasteiger partial charge >= 0.3 is 0 Å². The smallest absolute Gasteiger partial charge is 0.119 e. The Labute approximate surface area is 106 Å². The lowest BCUT2D eigenvalue weighted by Crippen LogP contribution is -2.11. The first kappa shape index (κ1) is 13.5. The molecular weight excluding hydrogens is 266 g/mol. The SMILES string of the molecule is CCCCCC(N)c1cc(OC)ccc1Br. The highest BCUT2D eigenvalue weighted by Crippen LogP contribution is 2.29. The Morgan fingerprint density at radius 2 is 2.12 bits per heavy atom. The maximum absolute atomic E-state index is 6.17. The summed E-state index contributed by atoms with van der Waals surface area (Å²) in [4.78, 5) is 0. The van der Waals surface area contributed by atoms with Crippen molar-refractivity contribution in [1.29, 1.82) is 0 Å². The summed E-state index contributed by atoms with van der Waals surface area (Å²) in [6.45, 7) is 2.20. The third-order valence-electron chi connectivity index (χ3n) is 2.72. The maximum atomic E-state index is 6.17. The topological polar surface area (TPSA) is 35.2 Å². The molecular formula is C13H20BrNO. The van der Waals surface area contributed by atoms with Crippen LogP contribution < -0.4 is 10.5 Å². The van der Waals surface area contributed by atoms with E-state index in [0.717, 1.165) is 22.2 Å². The van der Waals surface area contributed by atoms with Gasteiger partial charge in [0.1, 0.15) is 5.75 Å². The lowest BCUT2D eigenvalue weighted by Gasteiger charge is -2.14. The van der Waals surface area contributed by atoms with Crippen molar-refractivity contribution in [1.82, 2.24) is 0 Å². The van der Waals surface area contributed by atoms with E-state index in [4.69, 9.17) is 10.5 Å². The average Bonchev–Trinajstić information content (AvgIpc) is 2.30. The third-order valence-corrected chi connectivity index (χ3v) is 3.44. The van der Waals surface area contributed by atoms with Gasteiger partial charge < -0.3 is 10.5 Å². The van der Waals surface area contributed by atoms with Crippen molar-refractivity contribution in [2.45, 2.75) is 38.6 Å². The second kappa shape index (κ2) is 6.92. The van der Waals surface area contributed by atoms with Crippen LogP contribution in [0.2, 0.25) is 0 Å². The van der Waals surface area contributed by atoms with Gasteiger partial charge in [-0.1, -0.05) is 42.1 Å². The highest BCUT2D eigenvalue weighted by atomic mass is 79.9. The predicted molar refractivity (Wildman–Crippen MR) is 71.8 cm³/mol. The molecule has 0 aliphatic rings. The lowest BCUT2D eigenvalue weighted by atomic mass is 10.0. The molecule has 1 rings (SSSR count). The number of hydrogen-bond donors (Lipinski definition) is 1. The van der Waals surface area contributed by atoms with Gasteiger partial charge in [-0.15, -0.1) is 0 Å². The molecule has 90 valence electrons. The Hall–Kier alpha value is -0.540. The van der Waals surface area contributed by atoms with Crippen LogP contribution >= 0.6 is 15.9 Å². The molecule has 3 heteroatoms. The molecule has 0 aliphatic carbocycles. The molecule has 0 aliphatic heterocycles. The van der Waals surface area contributed by atoms with E-state index in [2.05, 4.69) is 22.9 Å². The fourth-order valence-corrected chi connectivity index (χ4v) is 2.24. The van der Waals surface area contributed by atoms with E-state index >= 15 is 0 Å². The van der Waals surface area contributed by atoms with Crippen molar-refractivity contribution in [3.05, 3.63) is 28.2 Å². The first-order chi connectivity index (χ1) is 7.69. The van der Waals surface area contributed by atoms with Crippen LogP contribution in [0.1, 0.15) is 44.2 Å². The van der Waals surface area contributed by atoms with Gasteiger partial charge in [-0.3, -0.25) is 0 Å². The fourth-order valence-electron chi connectivity index (χ4n) is 1.70. The molecule has 0 heterocycles. The highest BCUT2D eigenvalue weighted by molar-refractivity contribution is 9.10. The summed E-state index contributed by atoms with van der Waals surface area (Å²) in [5.74, 6) is 0.865. The van der Waals surface area contributed by atoms with Crippen LogP contribution in [-0.2, 0) is 0 Å². The number of nitrogens with two attached hydrogens (primary N) is 1. The van der Waals surface area contributed by atoms with Crippen molar-refractivity contribution in [3.63, 3.8) is 0 Å². The van der Waals surface area contributed by atoms with Gasteiger partial charge in [-0.2, -0.15) is 0 Å². The molecule has 1 aromatic rings. The summed E-state index contributed by atoms with van der Waals surface area (Å²) < 4.78 is 6.28. The largest absolute Gasteiger partial charge is 0.497 e. The van der Waals surface area contributed by atoms with Crippen molar-refractivity contribution in [3.8, 4) is 5.75 Å². The molecule has 0 radical (unpaired) electrons. The van der Waals surface area contributed by atoms with Crippen LogP contribution in [0, 0.1) is 0 Å². The number of unbranched alkanes of at least 4 members (excludes halogenated alkanes) is 2. The Morgan fingerprint density at radius 3 is 2.75 bits per heavy atom. The lowest BCUT2D eigenvalue weighted by molar-refractivity contribution is 0.413. The molecule has 0 saturated carbocycles. The van der Waals surface area contributed by atoms with Crippen LogP contribution in [0.4, 0.5) is 0 Å². The quantitative estimate of drug-likeness (QED) is 0.801. The average molecular weight is 286 g/mol. The molecule has 1 unspecified atom stereocenters. The van der Waals surface area contributed by atoms with E-state index in [-0.39, 0.29) is 6.04 Å². The summed E-state index contributed by atoms with van der Waals surface area (Å²) in [6, 6.07) is 6.04.